The average Bonchev–Trinajstić information content (AvgIpc) is 2.73. The number of ether oxygens (including phenoxy) is 2. The molecule has 1 saturated heterocycles. The number of methoxy groups -OCH3 is 1. The normalized spacial score (nSPS) is 14.5. The standard InChI is InChI=1S/C20H23N3O5/c1-27-19-7-6-17(23(25)26)12-18(19)20(24)21-13-15-4-2-3-5-16(15)14-22-8-10-28-11-9-22/h2-7,12H,8-11,13-14H2,1H3,(H,21,24). The quantitative estimate of drug-likeness (QED) is 0.581. The van der Waals surface area contributed by atoms with Gasteiger partial charge in [-0.05, 0) is 17.2 Å². The van der Waals surface area contributed by atoms with E-state index in [1.807, 2.05) is 24.3 Å². The number of carbonyl (C=O) groups is 1. The Morgan fingerprint density at radius 1 is 1.21 bits per heavy atom. The number of hydrogen-bond donors (Lipinski definition) is 1. The third-order valence-corrected chi connectivity index (χ3v) is 4.69. The molecule has 8 nitrogen and oxygen atoms in total. The summed E-state index contributed by atoms with van der Waals surface area (Å²) in [4.78, 5) is 25.4. The van der Waals surface area contributed by atoms with Crippen molar-refractivity contribution < 1.29 is 19.2 Å². The predicted molar refractivity (Wildman–Crippen MR) is 103 cm³/mol. The van der Waals surface area contributed by atoms with E-state index in [1.54, 1.807) is 0 Å². The SMILES string of the molecule is COc1ccc([N+](=O)[O-])cc1C(=O)NCc1ccccc1CN1CCOCC1. The van der Waals surface area contributed by atoms with Crippen LogP contribution in [0.15, 0.2) is 42.5 Å². The van der Waals surface area contributed by atoms with E-state index in [-0.39, 0.29) is 11.3 Å². The summed E-state index contributed by atoms with van der Waals surface area (Å²) in [6.07, 6.45) is 0. The van der Waals surface area contributed by atoms with Crippen molar-refractivity contribution >= 4 is 11.6 Å². The fourth-order valence-electron chi connectivity index (χ4n) is 3.14. The summed E-state index contributed by atoms with van der Waals surface area (Å²) in [6.45, 7) is 4.33. The van der Waals surface area contributed by atoms with Gasteiger partial charge in [0.05, 0.1) is 30.8 Å². The van der Waals surface area contributed by atoms with Gasteiger partial charge in [0.2, 0.25) is 0 Å². The molecule has 0 bridgehead atoms. The van der Waals surface area contributed by atoms with Crippen LogP contribution in [0.4, 0.5) is 5.69 Å². The van der Waals surface area contributed by atoms with Crippen LogP contribution in [0.1, 0.15) is 21.5 Å². The molecule has 148 valence electrons. The molecular formula is C20H23N3O5. The Balaban J connectivity index is 1.71. The topological polar surface area (TPSA) is 93.9 Å². The highest BCUT2D eigenvalue weighted by molar-refractivity contribution is 5.97. The molecule has 0 unspecified atom stereocenters. The fraction of sp³-hybridized carbons (Fsp3) is 0.350. The zero-order valence-electron chi connectivity index (χ0n) is 15.7. The minimum atomic E-state index is -0.534. The molecule has 1 aliphatic rings. The minimum Gasteiger partial charge on any atom is -0.496 e. The van der Waals surface area contributed by atoms with Crippen molar-refractivity contribution in [2.24, 2.45) is 0 Å². The van der Waals surface area contributed by atoms with Gasteiger partial charge in [-0.15, -0.1) is 0 Å². The van der Waals surface area contributed by atoms with Gasteiger partial charge < -0.3 is 14.8 Å². The van der Waals surface area contributed by atoms with Gasteiger partial charge in [-0.3, -0.25) is 19.8 Å². The smallest absolute Gasteiger partial charge is 0.270 e. The molecule has 1 amide bonds. The Hall–Kier alpha value is -2.97. The Morgan fingerprint density at radius 3 is 2.61 bits per heavy atom. The van der Waals surface area contributed by atoms with Crippen LogP contribution in [-0.4, -0.2) is 49.1 Å². The Morgan fingerprint density at radius 2 is 1.93 bits per heavy atom. The van der Waals surface area contributed by atoms with Crippen LogP contribution in [0.3, 0.4) is 0 Å². The van der Waals surface area contributed by atoms with Crippen LogP contribution in [0.25, 0.3) is 0 Å². The van der Waals surface area contributed by atoms with E-state index in [2.05, 4.69) is 10.2 Å². The first kappa shape index (κ1) is 19.8. The van der Waals surface area contributed by atoms with Gasteiger partial charge >= 0.3 is 0 Å². The number of morpholine rings is 1. The van der Waals surface area contributed by atoms with Crippen molar-refractivity contribution in [3.8, 4) is 5.75 Å². The van der Waals surface area contributed by atoms with Gasteiger partial charge in [0.15, 0.2) is 0 Å². The van der Waals surface area contributed by atoms with Crippen LogP contribution in [0.5, 0.6) is 5.75 Å². The molecule has 8 heteroatoms. The van der Waals surface area contributed by atoms with Crippen molar-refractivity contribution in [3.63, 3.8) is 0 Å². The summed E-state index contributed by atoms with van der Waals surface area (Å²) in [6, 6.07) is 11.9. The maximum atomic E-state index is 12.6. The zero-order chi connectivity index (χ0) is 19.9. The molecule has 2 aromatic carbocycles. The second-order valence-corrected chi connectivity index (χ2v) is 6.48. The first-order valence-corrected chi connectivity index (χ1v) is 9.06. The van der Waals surface area contributed by atoms with E-state index in [0.29, 0.717) is 12.3 Å². The number of carbonyl (C=O) groups excluding carboxylic acids is 1. The Kier molecular flexibility index (Phi) is 6.57. The fourth-order valence-corrected chi connectivity index (χ4v) is 3.14. The molecular weight excluding hydrogens is 362 g/mol. The number of nitro groups is 1. The maximum absolute atomic E-state index is 12.6. The number of nitrogens with one attached hydrogen (secondary N) is 1. The summed E-state index contributed by atoms with van der Waals surface area (Å²) in [7, 11) is 1.43. The van der Waals surface area contributed by atoms with Gasteiger partial charge in [-0.1, -0.05) is 24.3 Å². The minimum absolute atomic E-state index is 0.141. The first-order chi connectivity index (χ1) is 13.6. The van der Waals surface area contributed by atoms with Crippen molar-refractivity contribution in [3.05, 3.63) is 69.3 Å². The van der Waals surface area contributed by atoms with Crippen LogP contribution >= 0.6 is 0 Å². The highest BCUT2D eigenvalue weighted by Crippen LogP contribution is 2.24. The highest BCUT2D eigenvalue weighted by atomic mass is 16.6. The molecule has 0 radical (unpaired) electrons. The number of nitrogens with zero attached hydrogens (tertiary/aromatic N) is 2. The van der Waals surface area contributed by atoms with Gasteiger partial charge in [-0.25, -0.2) is 0 Å². The van der Waals surface area contributed by atoms with Gasteiger partial charge in [0.25, 0.3) is 11.6 Å². The van der Waals surface area contributed by atoms with Gasteiger partial charge in [0.1, 0.15) is 5.75 Å². The molecule has 3 rings (SSSR count). The zero-order valence-corrected chi connectivity index (χ0v) is 15.7. The third kappa shape index (κ3) is 4.85. The van der Waals surface area contributed by atoms with Crippen molar-refractivity contribution in [2.45, 2.75) is 13.1 Å². The van der Waals surface area contributed by atoms with Crippen LogP contribution in [-0.2, 0) is 17.8 Å². The number of rotatable bonds is 7. The number of nitro benzene ring substituents is 1. The highest BCUT2D eigenvalue weighted by Gasteiger charge is 2.18. The molecule has 28 heavy (non-hydrogen) atoms. The molecule has 1 aliphatic heterocycles. The van der Waals surface area contributed by atoms with E-state index < -0.39 is 10.8 Å². The molecule has 0 aromatic heterocycles. The van der Waals surface area contributed by atoms with Gasteiger partial charge in [0, 0.05) is 38.3 Å². The van der Waals surface area contributed by atoms with Crippen LogP contribution in [0.2, 0.25) is 0 Å². The molecule has 2 aromatic rings. The van der Waals surface area contributed by atoms with E-state index in [4.69, 9.17) is 9.47 Å². The van der Waals surface area contributed by atoms with E-state index in [9.17, 15) is 14.9 Å². The summed E-state index contributed by atoms with van der Waals surface area (Å²) in [5.74, 6) is -0.119. The van der Waals surface area contributed by atoms with Crippen LogP contribution < -0.4 is 10.1 Å². The molecule has 0 aliphatic carbocycles. The lowest BCUT2D eigenvalue weighted by molar-refractivity contribution is -0.384. The van der Waals surface area contributed by atoms with Crippen LogP contribution in [0, 0.1) is 10.1 Å². The number of non-ortho nitro benzene ring substituents is 1. The largest absolute Gasteiger partial charge is 0.496 e. The number of amides is 1. The van der Waals surface area contributed by atoms with Crippen molar-refractivity contribution in [2.75, 3.05) is 33.4 Å². The van der Waals surface area contributed by atoms with E-state index in [1.165, 1.54) is 25.3 Å². The van der Waals surface area contributed by atoms with Crippen molar-refractivity contribution in [1.29, 1.82) is 0 Å². The lowest BCUT2D eigenvalue weighted by atomic mass is 10.1. The third-order valence-electron chi connectivity index (χ3n) is 4.69. The molecule has 0 saturated carbocycles. The van der Waals surface area contributed by atoms with Gasteiger partial charge in [-0.2, -0.15) is 0 Å². The van der Waals surface area contributed by atoms with E-state index in [0.717, 1.165) is 44.0 Å². The molecule has 1 heterocycles. The molecule has 0 spiro atoms. The summed E-state index contributed by atoms with van der Waals surface area (Å²) in [5, 5.41) is 13.9. The first-order valence-electron chi connectivity index (χ1n) is 9.06. The molecule has 1 N–H and O–H groups in total. The molecule has 0 atom stereocenters. The van der Waals surface area contributed by atoms with E-state index >= 15 is 0 Å². The second-order valence-electron chi connectivity index (χ2n) is 6.48. The Labute approximate surface area is 163 Å². The monoisotopic (exact) mass is 385 g/mol. The summed E-state index contributed by atoms with van der Waals surface area (Å²) < 4.78 is 10.6. The average molecular weight is 385 g/mol. The Bertz CT molecular complexity index is 849. The number of benzene rings is 2. The second kappa shape index (κ2) is 9.29. The van der Waals surface area contributed by atoms with Crippen molar-refractivity contribution in [1.82, 2.24) is 10.2 Å². The molecule has 1 fully saturated rings. The summed E-state index contributed by atoms with van der Waals surface area (Å²) in [5.41, 5.74) is 2.13. The maximum Gasteiger partial charge on any atom is 0.270 e. The predicted octanol–water partition coefficient (Wildman–Crippen LogP) is 2.37. The lowest BCUT2D eigenvalue weighted by Crippen LogP contribution is -2.36. The lowest BCUT2D eigenvalue weighted by Gasteiger charge is -2.27. The summed E-state index contributed by atoms with van der Waals surface area (Å²) >= 11 is 0. The number of hydrogen-bond acceptors (Lipinski definition) is 6.